The molecule has 0 saturated heterocycles. The van der Waals surface area contributed by atoms with Gasteiger partial charge in [0.15, 0.2) is 0 Å². The average molecular weight is 516 g/mol. The Kier molecular flexibility index (Phi) is 11.7. The molecule has 0 spiro atoms. The van der Waals surface area contributed by atoms with E-state index >= 15 is 0 Å². The molecule has 0 N–H and O–H groups in total. The van der Waals surface area contributed by atoms with Crippen LogP contribution in [-0.4, -0.2) is 0 Å². The molecule has 0 fully saturated rings. The highest BCUT2D eigenvalue weighted by molar-refractivity contribution is 9.11. The predicted octanol–water partition coefficient (Wildman–Crippen LogP) is 8.60. The monoisotopic (exact) mass is 513 g/mol. The fourth-order valence-corrected chi connectivity index (χ4v) is 2.30. The Labute approximate surface area is 171 Å². The van der Waals surface area contributed by atoms with E-state index in [-0.39, 0.29) is 0 Å². The van der Waals surface area contributed by atoms with E-state index < -0.39 is 0 Å². The van der Waals surface area contributed by atoms with Crippen LogP contribution in [0, 0.1) is 0 Å². The fourth-order valence-electron chi connectivity index (χ4n) is 1.77. The number of anilines is 2. The minimum Gasteiger partial charge on any atom is -0.315 e. The molecule has 0 bridgehead atoms. The summed E-state index contributed by atoms with van der Waals surface area (Å²) in [6.07, 6.45) is 0. The summed E-state index contributed by atoms with van der Waals surface area (Å²) in [5.41, 5.74) is 3.20. The van der Waals surface area contributed by atoms with Crippen LogP contribution in [0.25, 0.3) is 0 Å². The van der Waals surface area contributed by atoms with E-state index in [0.29, 0.717) is 0 Å². The van der Waals surface area contributed by atoms with Crippen LogP contribution in [0.3, 0.4) is 0 Å². The van der Waals surface area contributed by atoms with Gasteiger partial charge in [0, 0.05) is 26.0 Å². The molecule has 2 rings (SSSR count). The zero-order chi connectivity index (χ0) is 18.7. The third-order valence-electron chi connectivity index (χ3n) is 2.55. The van der Waals surface area contributed by atoms with E-state index in [9.17, 15) is 0 Å². The summed E-state index contributed by atoms with van der Waals surface area (Å²) in [5, 5.41) is 0. The van der Waals surface area contributed by atoms with Gasteiger partial charge in [-0.25, -0.2) is 0 Å². The van der Waals surface area contributed by atoms with E-state index in [0.717, 1.165) is 30.5 Å². The van der Waals surface area contributed by atoms with Crippen LogP contribution in [-0.2, 0) is 0 Å². The second-order valence-corrected chi connectivity index (χ2v) is 7.88. The number of hydrogen-bond acceptors (Lipinski definition) is 1. The van der Waals surface area contributed by atoms with Crippen LogP contribution >= 0.6 is 47.8 Å². The van der Waals surface area contributed by atoms with Crippen LogP contribution in [0.5, 0.6) is 0 Å². The number of nitrogens with zero attached hydrogens (tertiary/aromatic N) is 1. The zero-order valence-corrected chi connectivity index (χ0v) is 18.8. The molecule has 0 aliphatic rings. The van der Waals surface area contributed by atoms with Crippen molar-refractivity contribution in [3.05, 3.63) is 94.0 Å². The lowest BCUT2D eigenvalue weighted by atomic mass is 10.2. The van der Waals surface area contributed by atoms with Crippen LogP contribution in [0.1, 0.15) is 13.8 Å². The summed E-state index contributed by atoms with van der Waals surface area (Å²) in [7, 11) is 0. The molecule has 0 heterocycles. The molecule has 0 aliphatic heterocycles. The molecular weight excluding hydrogens is 494 g/mol. The quantitative estimate of drug-likeness (QED) is 0.370. The Morgan fingerprint density at radius 1 is 0.750 bits per heavy atom. The van der Waals surface area contributed by atoms with E-state index in [2.05, 4.69) is 103 Å². The van der Waals surface area contributed by atoms with Crippen molar-refractivity contribution in [1.82, 2.24) is 0 Å². The van der Waals surface area contributed by atoms with Crippen LogP contribution < -0.4 is 4.90 Å². The van der Waals surface area contributed by atoms with Crippen molar-refractivity contribution in [3.8, 4) is 0 Å². The lowest BCUT2D eigenvalue weighted by molar-refractivity contribution is 1.16. The van der Waals surface area contributed by atoms with E-state index in [1.165, 1.54) is 0 Å². The van der Waals surface area contributed by atoms with Crippen molar-refractivity contribution in [2.24, 2.45) is 0 Å². The maximum absolute atomic E-state index is 4.06. The second kappa shape index (κ2) is 12.3. The first kappa shape index (κ1) is 22.9. The maximum Gasteiger partial charge on any atom is 0.0458 e. The summed E-state index contributed by atoms with van der Waals surface area (Å²) in [5.74, 6) is 0. The van der Waals surface area contributed by atoms with Crippen molar-refractivity contribution >= 4 is 59.2 Å². The van der Waals surface area contributed by atoms with Crippen molar-refractivity contribution in [1.29, 1.82) is 0 Å². The molecule has 0 atom stereocenters. The van der Waals surface area contributed by atoms with Gasteiger partial charge in [0.2, 0.25) is 0 Å². The lowest BCUT2D eigenvalue weighted by Crippen LogP contribution is -2.13. The van der Waals surface area contributed by atoms with Gasteiger partial charge in [0.1, 0.15) is 0 Å². The zero-order valence-electron chi connectivity index (χ0n) is 14.0. The fraction of sp³-hybridized carbons (Fsp3) is 0.100. The largest absolute Gasteiger partial charge is 0.315 e. The summed E-state index contributed by atoms with van der Waals surface area (Å²) >= 11 is 9.98. The van der Waals surface area contributed by atoms with Crippen LogP contribution in [0.4, 0.5) is 11.4 Å². The number of hydrogen-bond donors (Lipinski definition) is 0. The highest BCUT2D eigenvalue weighted by Gasteiger charge is 2.09. The molecule has 1 nitrogen and oxygen atoms in total. The van der Waals surface area contributed by atoms with Gasteiger partial charge >= 0.3 is 0 Å². The lowest BCUT2D eigenvalue weighted by Gasteiger charge is -2.25. The van der Waals surface area contributed by atoms with Crippen LogP contribution in [0.15, 0.2) is 94.0 Å². The summed E-state index contributed by atoms with van der Waals surface area (Å²) in [6.45, 7) is 17.4. The third kappa shape index (κ3) is 8.67. The van der Waals surface area contributed by atoms with E-state index in [1.54, 1.807) is 0 Å². The molecule has 0 unspecified atom stereocenters. The Morgan fingerprint density at radius 2 is 1.00 bits per heavy atom. The minimum atomic E-state index is 0.979. The van der Waals surface area contributed by atoms with Crippen molar-refractivity contribution < 1.29 is 0 Å². The maximum atomic E-state index is 4.06. The smallest absolute Gasteiger partial charge is 0.0458 e. The van der Waals surface area contributed by atoms with Crippen molar-refractivity contribution in [2.45, 2.75) is 13.8 Å². The molecule has 0 saturated carbocycles. The summed E-state index contributed by atoms with van der Waals surface area (Å²) < 4.78 is 3.12. The number of rotatable bonds is 3. The molecule has 2 aromatic rings. The number of benzene rings is 2. The normalized spacial score (nSPS) is 8.88. The molecule has 128 valence electrons. The average Bonchev–Trinajstić information content (AvgIpc) is 2.52. The van der Waals surface area contributed by atoms with Gasteiger partial charge in [-0.05, 0) is 66.9 Å². The van der Waals surface area contributed by atoms with Gasteiger partial charge < -0.3 is 4.90 Å². The topological polar surface area (TPSA) is 3.24 Å². The Morgan fingerprint density at radius 3 is 1.21 bits per heavy atom. The van der Waals surface area contributed by atoms with Crippen molar-refractivity contribution in [3.63, 3.8) is 0 Å². The first-order valence-electron chi connectivity index (χ1n) is 7.09. The second-order valence-electron chi connectivity index (χ2n) is 4.70. The van der Waals surface area contributed by atoms with Crippen molar-refractivity contribution in [2.75, 3.05) is 4.90 Å². The van der Waals surface area contributed by atoms with Gasteiger partial charge in [-0.1, -0.05) is 60.9 Å². The number of halogens is 3. The highest BCUT2D eigenvalue weighted by atomic mass is 79.9. The molecule has 0 amide bonds. The van der Waals surface area contributed by atoms with E-state index in [1.807, 2.05) is 38.1 Å². The van der Waals surface area contributed by atoms with E-state index in [4.69, 9.17) is 0 Å². The SMILES string of the molecule is C=C.C=C(C)Br.C=C(C)N(c1ccc(Br)cc1)c1ccc(Br)cc1. The minimum absolute atomic E-state index is 0.979. The van der Waals surface area contributed by atoms with Crippen LogP contribution in [0.2, 0.25) is 0 Å². The van der Waals surface area contributed by atoms with Gasteiger partial charge in [0.05, 0.1) is 0 Å². The molecule has 4 heteroatoms. The van der Waals surface area contributed by atoms with Gasteiger partial charge in [-0.3, -0.25) is 0 Å². The highest BCUT2D eigenvalue weighted by Crippen LogP contribution is 2.30. The Balaban J connectivity index is 0.000000773. The first-order chi connectivity index (χ1) is 11.3. The van der Waals surface area contributed by atoms with Gasteiger partial charge in [0.25, 0.3) is 0 Å². The molecule has 0 aliphatic carbocycles. The summed E-state index contributed by atoms with van der Waals surface area (Å²) in [4.78, 5) is 2.12. The predicted molar refractivity (Wildman–Crippen MR) is 120 cm³/mol. The standard InChI is InChI=1S/C15H13Br2N.C3H5Br.C2H4/c1-11(2)18(14-7-3-12(16)4-8-14)15-9-5-13(17)6-10-15;1-3(2)4;1-2/h3-10H,1H2,2H3;1H2,2H3;1-2H2. The molecule has 24 heavy (non-hydrogen) atoms. The third-order valence-corrected chi connectivity index (χ3v) is 3.61. The summed E-state index contributed by atoms with van der Waals surface area (Å²) in [6, 6.07) is 16.4. The molecule has 0 aromatic heterocycles. The number of allylic oxidation sites excluding steroid dienone is 2. The van der Waals surface area contributed by atoms with Gasteiger partial charge in [-0.15, -0.1) is 13.2 Å². The molecular formula is C20H22Br3N. The first-order valence-corrected chi connectivity index (χ1v) is 9.47. The molecule has 2 aromatic carbocycles. The Bertz CT molecular complexity index is 596. The van der Waals surface area contributed by atoms with Gasteiger partial charge in [-0.2, -0.15) is 0 Å². The molecule has 0 radical (unpaired) electrons. The Hall–Kier alpha value is -1.10.